The number of hydrogen-bond donors (Lipinski definition) is 1. The van der Waals surface area contributed by atoms with E-state index in [0.717, 1.165) is 16.7 Å². The Bertz CT molecular complexity index is 1520. The topological polar surface area (TPSA) is 75.7 Å². The van der Waals surface area contributed by atoms with Crippen molar-refractivity contribution in [1.29, 1.82) is 0 Å². The van der Waals surface area contributed by atoms with E-state index < -0.39 is 15.9 Å². The number of ether oxygens (including phenoxy) is 1. The maximum atomic E-state index is 13.9. The van der Waals surface area contributed by atoms with Gasteiger partial charge in [0.15, 0.2) is 0 Å². The third kappa shape index (κ3) is 7.47. The normalized spacial score (nSPS) is 11.4. The molecule has 0 saturated carbocycles. The molecule has 6 nitrogen and oxygen atoms in total. The van der Waals surface area contributed by atoms with Crippen molar-refractivity contribution in [3.05, 3.63) is 124 Å². The molecule has 0 saturated heterocycles. The summed E-state index contributed by atoms with van der Waals surface area (Å²) in [5.74, 6) is 0.210. The number of amides is 1. The van der Waals surface area contributed by atoms with Gasteiger partial charge in [-0.05, 0) is 79.4 Å². The van der Waals surface area contributed by atoms with Crippen LogP contribution in [0.5, 0.6) is 5.75 Å². The van der Waals surface area contributed by atoms with Crippen LogP contribution in [0.3, 0.4) is 0 Å². The molecule has 0 aromatic heterocycles. The van der Waals surface area contributed by atoms with E-state index in [1.165, 1.54) is 4.31 Å². The molecule has 0 aliphatic heterocycles. The van der Waals surface area contributed by atoms with Crippen LogP contribution in [0.2, 0.25) is 5.02 Å². The van der Waals surface area contributed by atoms with Crippen LogP contribution >= 0.6 is 11.6 Å². The first-order valence-corrected chi connectivity index (χ1v) is 14.3. The van der Waals surface area contributed by atoms with Gasteiger partial charge in [0, 0.05) is 17.3 Å². The van der Waals surface area contributed by atoms with E-state index in [0.29, 0.717) is 34.2 Å². The molecule has 0 fully saturated rings. The van der Waals surface area contributed by atoms with Crippen molar-refractivity contribution in [2.24, 2.45) is 0 Å². The minimum absolute atomic E-state index is 0.0198. The van der Waals surface area contributed by atoms with E-state index in [-0.39, 0.29) is 18.0 Å². The number of carbonyl (C=O) groups excluding carboxylic acids is 1. The van der Waals surface area contributed by atoms with Crippen LogP contribution in [0.1, 0.15) is 27.8 Å². The average molecular weight is 563 g/mol. The van der Waals surface area contributed by atoms with Gasteiger partial charge in [-0.2, -0.15) is 4.31 Å². The van der Waals surface area contributed by atoms with E-state index in [9.17, 15) is 13.2 Å². The highest BCUT2D eigenvalue weighted by Gasteiger charge is 2.30. The molecule has 0 radical (unpaired) electrons. The molecular weight excluding hydrogens is 532 g/mol. The van der Waals surface area contributed by atoms with Gasteiger partial charge in [0.25, 0.3) is 0 Å². The fourth-order valence-electron chi connectivity index (χ4n) is 4.46. The van der Waals surface area contributed by atoms with Crippen LogP contribution in [-0.2, 0) is 28.0 Å². The maximum Gasteiger partial charge on any atom is 0.244 e. The second kappa shape index (κ2) is 12.5. The summed E-state index contributed by atoms with van der Waals surface area (Å²) >= 11 is 6.02. The second-order valence-corrected chi connectivity index (χ2v) is 11.8. The molecule has 0 spiro atoms. The predicted molar refractivity (Wildman–Crippen MR) is 156 cm³/mol. The first kappa shape index (κ1) is 28.4. The Morgan fingerprint density at radius 2 is 1.46 bits per heavy atom. The fourth-order valence-corrected chi connectivity index (χ4v) is 6.38. The summed E-state index contributed by atoms with van der Waals surface area (Å²) in [7, 11) is -4.00. The molecule has 39 heavy (non-hydrogen) atoms. The summed E-state index contributed by atoms with van der Waals surface area (Å²) in [6.45, 7) is 5.56. The summed E-state index contributed by atoms with van der Waals surface area (Å²) in [4.78, 5) is 13.3. The SMILES string of the molecule is Cc1cc(C)c(S(=O)(=O)N(CC(=O)Nc2ccc(OCc3ccccc3)cc2)Cc2ccc(Cl)cc2)c(C)c1. The van der Waals surface area contributed by atoms with Crippen molar-refractivity contribution in [3.8, 4) is 5.75 Å². The number of nitrogens with zero attached hydrogens (tertiary/aromatic N) is 1. The summed E-state index contributed by atoms with van der Waals surface area (Å²) in [6, 6.07) is 27.4. The van der Waals surface area contributed by atoms with Crippen LogP contribution in [0, 0.1) is 20.8 Å². The van der Waals surface area contributed by atoms with Crippen molar-refractivity contribution in [2.75, 3.05) is 11.9 Å². The standard InChI is InChI=1S/C31H31ClN2O4S/c1-22-17-23(2)31(24(3)18-22)39(36,37)34(19-25-9-11-27(32)12-10-25)20-30(35)33-28-13-15-29(16-14-28)38-21-26-7-5-4-6-8-26/h4-18H,19-21H2,1-3H3,(H,33,35). The third-order valence-corrected chi connectivity index (χ3v) is 8.53. The van der Waals surface area contributed by atoms with Crippen LogP contribution in [0.25, 0.3) is 0 Å². The van der Waals surface area contributed by atoms with Gasteiger partial charge < -0.3 is 10.1 Å². The zero-order valence-electron chi connectivity index (χ0n) is 22.1. The summed E-state index contributed by atoms with van der Waals surface area (Å²) in [5.41, 5.74) is 4.56. The molecule has 4 aromatic rings. The third-order valence-electron chi connectivity index (χ3n) is 6.18. The molecule has 1 amide bonds. The number of carbonyl (C=O) groups is 1. The Morgan fingerprint density at radius 1 is 0.846 bits per heavy atom. The Labute approximate surface area is 235 Å². The summed E-state index contributed by atoms with van der Waals surface area (Å²) < 4.78 is 34.8. The van der Waals surface area contributed by atoms with Gasteiger partial charge in [0.1, 0.15) is 12.4 Å². The minimum Gasteiger partial charge on any atom is -0.489 e. The van der Waals surface area contributed by atoms with Crippen LogP contribution < -0.4 is 10.1 Å². The van der Waals surface area contributed by atoms with Gasteiger partial charge in [-0.25, -0.2) is 8.42 Å². The second-order valence-electron chi connectivity index (χ2n) is 9.47. The van der Waals surface area contributed by atoms with Crippen molar-refractivity contribution in [3.63, 3.8) is 0 Å². The average Bonchev–Trinajstić information content (AvgIpc) is 2.89. The lowest BCUT2D eigenvalue weighted by Gasteiger charge is -2.24. The highest BCUT2D eigenvalue weighted by molar-refractivity contribution is 7.89. The number of rotatable bonds is 10. The molecule has 8 heteroatoms. The van der Waals surface area contributed by atoms with E-state index in [2.05, 4.69) is 5.32 Å². The Kier molecular flexibility index (Phi) is 9.07. The molecular formula is C31H31ClN2O4S. The molecule has 1 N–H and O–H groups in total. The predicted octanol–water partition coefficient (Wildman–Crippen LogP) is 6.67. The van der Waals surface area contributed by atoms with Crippen molar-refractivity contribution >= 4 is 33.2 Å². The zero-order chi connectivity index (χ0) is 28.0. The maximum absolute atomic E-state index is 13.9. The van der Waals surface area contributed by atoms with E-state index >= 15 is 0 Å². The number of hydrogen-bond acceptors (Lipinski definition) is 4. The number of aryl methyl sites for hydroxylation is 3. The van der Waals surface area contributed by atoms with Gasteiger partial charge >= 0.3 is 0 Å². The van der Waals surface area contributed by atoms with E-state index in [1.54, 1.807) is 62.4 Å². The fraction of sp³-hybridized carbons (Fsp3) is 0.194. The Balaban J connectivity index is 1.51. The van der Waals surface area contributed by atoms with Crippen molar-refractivity contribution in [2.45, 2.75) is 38.8 Å². The number of nitrogens with one attached hydrogen (secondary N) is 1. The van der Waals surface area contributed by atoms with E-state index in [1.807, 2.05) is 49.4 Å². The van der Waals surface area contributed by atoms with E-state index in [4.69, 9.17) is 16.3 Å². The van der Waals surface area contributed by atoms with Gasteiger partial charge in [0.05, 0.1) is 11.4 Å². The van der Waals surface area contributed by atoms with Crippen LogP contribution in [0.4, 0.5) is 5.69 Å². The van der Waals surface area contributed by atoms with Crippen LogP contribution in [0.15, 0.2) is 95.9 Å². The molecule has 202 valence electrons. The van der Waals surface area contributed by atoms with Crippen molar-refractivity contribution in [1.82, 2.24) is 4.31 Å². The lowest BCUT2D eigenvalue weighted by molar-refractivity contribution is -0.116. The molecule has 0 heterocycles. The van der Waals surface area contributed by atoms with Gasteiger partial charge in [-0.15, -0.1) is 0 Å². The molecule has 0 aliphatic carbocycles. The quantitative estimate of drug-likeness (QED) is 0.234. The number of anilines is 1. The first-order valence-electron chi connectivity index (χ1n) is 12.5. The minimum atomic E-state index is -4.00. The molecule has 0 unspecified atom stereocenters. The first-order chi connectivity index (χ1) is 18.6. The largest absolute Gasteiger partial charge is 0.489 e. The molecule has 0 atom stereocenters. The lowest BCUT2D eigenvalue weighted by atomic mass is 10.1. The smallest absolute Gasteiger partial charge is 0.244 e. The van der Waals surface area contributed by atoms with Gasteiger partial charge in [-0.3, -0.25) is 4.79 Å². The van der Waals surface area contributed by atoms with Crippen molar-refractivity contribution < 1.29 is 17.9 Å². The highest BCUT2D eigenvalue weighted by atomic mass is 35.5. The molecule has 0 bridgehead atoms. The monoisotopic (exact) mass is 562 g/mol. The zero-order valence-corrected chi connectivity index (χ0v) is 23.7. The lowest BCUT2D eigenvalue weighted by Crippen LogP contribution is -2.38. The Hall–Kier alpha value is -3.65. The number of benzene rings is 4. The number of sulfonamides is 1. The summed E-state index contributed by atoms with van der Waals surface area (Å²) in [5, 5.41) is 3.36. The summed E-state index contributed by atoms with van der Waals surface area (Å²) in [6.07, 6.45) is 0. The van der Waals surface area contributed by atoms with Gasteiger partial charge in [-0.1, -0.05) is 71.8 Å². The molecule has 4 aromatic carbocycles. The molecule has 4 rings (SSSR count). The van der Waals surface area contributed by atoms with Gasteiger partial charge in [0.2, 0.25) is 15.9 Å². The highest BCUT2D eigenvalue weighted by Crippen LogP contribution is 2.27. The number of halogens is 1. The Morgan fingerprint density at radius 3 is 2.08 bits per heavy atom. The molecule has 0 aliphatic rings. The van der Waals surface area contributed by atoms with Crippen LogP contribution in [-0.4, -0.2) is 25.2 Å².